The second kappa shape index (κ2) is 14.3. The molecule has 0 saturated heterocycles. The molecule has 1 aromatic rings. The van der Waals surface area contributed by atoms with Gasteiger partial charge in [-0.25, -0.2) is 0 Å². The van der Waals surface area contributed by atoms with Gasteiger partial charge in [-0.05, 0) is 30.5 Å². The number of carbonyl (C=O) groups excluding carboxylic acids is 2. The molecule has 0 saturated carbocycles. The summed E-state index contributed by atoms with van der Waals surface area (Å²) in [5.41, 5.74) is 1.73. The molecule has 8 heteroatoms. The lowest BCUT2D eigenvalue weighted by atomic mass is 10.1. The van der Waals surface area contributed by atoms with E-state index in [0.29, 0.717) is 37.6 Å². The summed E-state index contributed by atoms with van der Waals surface area (Å²) in [4.78, 5) is 27.3. The molecule has 0 aromatic heterocycles. The third-order valence-corrected chi connectivity index (χ3v) is 3.56. The highest BCUT2D eigenvalue weighted by Crippen LogP contribution is 2.05. The second-order valence-corrected chi connectivity index (χ2v) is 5.56. The van der Waals surface area contributed by atoms with Crippen LogP contribution < -0.4 is 21.3 Å². The number of aliphatic imine (C=N–C) groups is 1. The van der Waals surface area contributed by atoms with Crippen LogP contribution >= 0.6 is 24.0 Å². The van der Waals surface area contributed by atoms with Gasteiger partial charge in [-0.2, -0.15) is 0 Å². The van der Waals surface area contributed by atoms with Crippen LogP contribution in [0.15, 0.2) is 29.3 Å². The van der Waals surface area contributed by atoms with Crippen LogP contribution in [0.4, 0.5) is 0 Å². The van der Waals surface area contributed by atoms with Gasteiger partial charge < -0.3 is 21.3 Å². The number of guanidine groups is 1. The summed E-state index contributed by atoms with van der Waals surface area (Å²) in [6, 6.07) is 7.54. The molecule has 26 heavy (non-hydrogen) atoms. The molecular formula is C18H30IN5O2. The first-order chi connectivity index (χ1) is 12.1. The Morgan fingerprint density at radius 2 is 1.81 bits per heavy atom. The van der Waals surface area contributed by atoms with Crippen molar-refractivity contribution < 1.29 is 9.59 Å². The molecule has 0 heterocycles. The Balaban J connectivity index is 0.00000625. The second-order valence-electron chi connectivity index (χ2n) is 5.56. The molecule has 0 fully saturated rings. The maximum Gasteiger partial charge on any atom is 0.251 e. The lowest BCUT2D eigenvalue weighted by Gasteiger charge is -2.12. The number of amides is 2. The van der Waals surface area contributed by atoms with Gasteiger partial charge in [-0.1, -0.05) is 19.1 Å². The molecule has 0 aliphatic carbocycles. The van der Waals surface area contributed by atoms with E-state index in [1.807, 2.05) is 25.1 Å². The Labute approximate surface area is 172 Å². The number of halogens is 1. The van der Waals surface area contributed by atoms with Gasteiger partial charge >= 0.3 is 0 Å². The smallest absolute Gasteiger partial charge is 0.251 e. The van der Waals surface area contributed by atoms with E-state index in [2.05, 4.69) is 26.3 Å². The molecule has 0 unspecified atom stereocenters. The zero-order chi connectivity index (χ0) is 18.5. The van der Waals surface area contributed by atoms with Crippen LogP contribution in [0.2, 0.25) is 0 Å². The van der Waals surface area contributed by atoms with E-state index in [9.17, 15) is 9.59 Å². The molecule has 1 rings (SSSR count). The zero-order valence-electron chi connectivity index (χ0n) is 15.7. The molecule has 4 N–H and O–H groups in total. The first-order valence-electron chi connectivity index (χ1n) is 8.63. The monoisotopic (exact) mass is 475 g/mol. The average Bonchev–Trinajstić information content (AvgIpc) is 2.64. The number of nitrogens with one attached hydrogen (secondary N) is 4. The van der Waals surface area contributed by atoms with E-state index in [1.54, 1.807) is 20.2 Å². The molecule has 0 spiro atoms. The molecular weight excluding hydrogens is 445 g/mol. The summed E-state index contributed by atoms with van der Waals surface area (Å²) in [7, 11) is 3.31. The fraction of sp³-hybridized carbons (Fsp3) is 0.500. The van der Waals surface area contributed by atoms with Gasteiger partial charge in [0.25, 0.3) is 5.91 Å². The van der Waals surface area contributed by atoms with Gasteiger partial charge in [0.05, 0.1) is 0 Å². The number of rotatable bonds is 9. The molecule has 7 nitrogen and oxygen atoms in total. The van der Waals surface area contributed by atoms with Crippen molar-refractivity contribution in [3.05, 3.63) is 35.4 Å². The number of hydrogen-bond donors (Lipinski definition) is 4. The highest BCUT2D eigenvalue weighted by atomic mass is 127. The van der Waals surface area contributed by atoms with E-state index in [1.165, 1.54) is 0 Å². The maximum atomic E-state index is 11.6. The zero-order valence-corrected chi connectivity index (χ0v) is 18.1. The molecule has 0 radical (unpaired) electrons. The molecule has 0 aliphatic heterocycles. The Kier molecular flexibility index (Phi) is 13.3. The predicted molar refractivity (Wildman–Crippen MR) is 116 cm³/mol. The normalized spacial score (nSPS) is 10.5. The van der Waals surface area contributed by atoms with E-state index in [-0.39, 0.29) is 35.8 Å². The standard InChI is InChI=1S/C18H29N5O2.HI/c1-4-10-21-16(24)9-12-23-18(20-3)22-11-8-14-6-5-7-15(13-14)17(25)19-2;/h5-7,13H,4,8-12H2,1-3H3,(H,19,25)(H,21,24)(H2,20,22,23);1H. The molecule has 1 aromatic carbocycles. The van der Waals surface area contributed by atoms with Gasteiger partial charge in [0.1, 0.15) is 0 Å². The van der Waals surface area contributed by atoms with Crippen LogP contribution in [-0.4, -0.2) is 51.5 Å². The van der Waals surface area contributed by atoms with E-state index < -0.39 is 0 Å². The van der Waals surface area contributed by atoms with Crippen molar-refractivity contribution >= 4 is 41.8 Å². The highest BCUT2D eigenvalue weighted by molar-refractivity contribution is 14.0. The van der Waals surface area contributed by atoms with Crippen molar-refractivity contribution in [1.82, 2.24) is 21.3 Å². The van der Waals surface area contributed by atoms with Crippen LogP contribution in [-0.2, 0) is 11.2 Å². The van der Waals surface area contributed by atoms with Gasteiger partial charge in [0.15, 0.2) is 5.96 Å². The SMILES string of the molecule is CCCNC(=O)CCNC(=NC)NCCc1cccc(C(=O)NC)c1.I. The van der Waals surface area contributed by atoms with Crippen LogP contribution in [0.5, 0.6) is 0 Å². The van der Waals surface area contributed by atoms with Crippen molar-refractivity contribution in [2.24, 2.45) is 4.99 Å². The predicted octanol–water partition coefficient (Wildman–Crippen LogP) is 1.29. The van der Waals surface area contributed by atoms with Crippen LogP contribution in [0.1, 0.15) is 35.7 Å². The third kappa shape index (κ3) is 9.59. The maximum absolute atomic E-state index is 11.6. The Morgan fingerprint density at radius 1 is 1.08 bits per heavy atom. The van der Waals surface area contributed by atoms with E-state index >= 15 is 0 Å². The van der Waals surface area contributed by atoms with Gasteiger partial charge in [0.2, 0.25) is 5.91 Å². The minimum Gasteiger partial charge on any atom is -0.356 e. The number of nitrogens with zero attached hydrogens (tertiary/aromatic N) is 1. The molecule has 0 aliphatic rings. The number of carbonyl (C=O) groups is 2. The molecule has 0 atom stereocenters. The summed E-state index contributed by atoms with van der Waals surface area (Å²) in [5.74, 6) is 0.607. The van der Waals surface area contributed by atoms with Gasteiger partial charge in [0, 0.05) is 45.7 Å². The van der Waals surface area contributed by atoms with Crippen molar-refractivity contribution in [2.45, 2.75) is 26.2 Å². The average molecular weight is 475 g/mol. The molecule has 0 bridgehead atoms. The van der Waals surface area contributed by atoms with Gasteiger partial charge in [-0.15, -0.1) is 24.0 Å². The van der Waals surface area contributed by atoms with E-state index in [4.69, 9.17) is 0 Å². The summed E-state index contributed by atoms with van der Waals surface area (Å²) in [6.07, 6.45) is 2.11. The minimum atomic E-state index is -0.0892. The minimum absolute atomic E-state index is 0. The van der Waals surface area contributed by atoms with Crippen molar-refractivity contribution in [1.29, 1.82) is 0 Å². The Bertz CT molecular complexity index is 593. The van der Waals surface area contributed by atoms with Crippen molar-refractivity contribution in [3.8, 4) is 0 Å². The highest BCUT2D eigenvalue weighted by Gasteiger charge is 2.04. The largest absolute Gasteiger partial charge is 0.356 e. The van der Waals surface area contributed by atoms with Crippen LogP contribution in [0.25, 0.3) is 0 Å². The lowest BCUT2D eigenvalue weighted by molar-refractivity contribution is -0.120. The lowest BCUT2D eigenvalue weighted by Crippen LogP contribution is -2.40. The van der Waals surface area contributed by atoms with Crippen LogP contribution in [0, 0.1) is 0 Å². The topological polar surface area (TPSA) is 94.6 Å². The van der Waals surface area contributed by atoms with Crippen molar-refractivity contribution in [3.63, 3.8) is 0 Å². The number of benzene rings is 1. The Hall–Kier alpha value is -1.84. The summed E-state index contributed by atoms with van der Waals surface area (Å²) >= 11 is 0. The van der Waals surface area contributed by atoms with Gasteiger partial charge in [-0.3, -0.25) is 14.6 Å². The third-order valence-electron chi connectivity index (χ3n) is 3.56. The summed E-state index contributed by atoms with van der Waals surface area (Å²) < 4.78 is 0. The Morgan fingerprint density at radius 3 is 2.46 bits per heavy atom. The fourth-order valence-corrected chi connectivity index (χ4v) is 2.21. The molecule has 146 valence electrons. The number of hydrogen-bond acceptors (Lipinski definition) is 3. The quantitative estimate of drug-likeness (QED) is 0.246. The summed E-state index contributed by atoms with van der Waals surface area (Å²) in [5, 5.41) is 11.8. The van der Waals surface area contributed by atoms with Crippen LogP contribution in [0.3, 0.4) is 0 Å². The van der Waals surface area contributed by atoms with Crippen molar-refractivity contribution in [2.75, 3.05) is 33.7 Å². The fourth-order valence-electron chi connectivity index (χ4n) is 2.21. The van der Waals surface area contributed by atoms with E-state index in [0.717, 1.165) is 18.4 Å². The summed E-state index contributed by atoms with van der Waals surface area (Å²) in [6.45, 7) is 3.94. The molecule has 2 amide bonds. The first kappa shape index (κ1) is 24.2. The first-order valence-corrected chi connectivity index (χ1v) is 8.63.